The van der Waals surface area contributed by atoms with Crippen molar-refractivity contribution in [3.05, 3.63) is 47.3 Å². The standard InChI is InChI=1S/C14H19NO4/c1-10-3-6-13(18-10)14(2,17)9-15-7-11-4-5-12(8-16)19-11/h3-6,15-17H,7-9H2,1-2H3. The molecule has 0 radical (unpaired) electrons. The molecule has 1 unspecified atom stereocenters. The van der Waals surface area contributed by atoms with Gasteiger partial charge in [-0.2, -0.15) is 0 Å². The molecule has 0 aromatic carbocycles. The van der Waals surface area contributed by atoms with Crippen molar-refractivity contribution in [3.63, 3.8) is 0 Å². The fourth-order valence-corrected chi connectivity index (χ4v) is 1.84. The van der Waals surface area contributed by atoms with Gasteiger partial charge < -0.3 is 24.4 Å². The van der Waals surface area contributed by atoms with Gasteiger partial charge in [0.2, 0.25) is 0 Å². The van der Waals surface area contributed by atoms with Crippen molar-refractivity contribution in [2.75, 3.05) is 6.54 Å². The largest absolute Gasteiger partial charge is 0.463 e. The number of hydrogen-bond acceptors (Lipinski definition) is 5. The van der Waals surface area contributed by atoms with Crippen molar-refractivity contribution in [2.45, 2.75) is 32.6 Å². The van der Waals surface area contributed by atoms with Crippen molar-refractivity contribution in [1.82, 2.24) is 5.32 Å². The number of hydrogen-bond donors (Lipinski definition) is 3. The zero-order chi connectivity index (χ0) is 13.9. The average Bonchev–Trinajstić information content (AvgIpc) is 2.98. The minimum Gasteiger partial charge on any atom is -0.463 e. The summed E-state index contributed by atoms with van der Waals surface area (Å²) in [4.78, 5) is 0. The third-order valence-electron chi connectivity index (χ3n) is 2.91. The molecule has 2 heterocycles. The summed E-state index contributed by atoms with van der Waals surface area (Å²) in [5, 5.41) is 22.3. The molecule has 2 aromatic heterocycles. The second-order valence-electron chi connectivity index (χ2n) is 4.81. The predicted molar refractivity (Wildman–Crippen MR) is 69.4 cm³/mol. The second-order valence-corrected chi connectivity index (χ2v) is 4.81. The normalized spacial score (nSPS) is 14.5. The Labute approximate surface area is 111 Å². The molecule has 0 fully saturated rings. The molecular weight excluding hydrogens is 246 g/mol. The Morgan fingerprint density at radius 3 is 2.47 bits per heavy atom. The average molecular weight is 265 g/mol. The summed E-state index contributed by atoms with van der Waals surface area (Å²) >= 11 is 0. The van der Waals surface area contributed by atoms with Crippen molar-refractivity contribution >= 4 is 0 Å². The van der Waals surface area contributed by atoms with E-state index in [-0.39, 0.29) is 6.61 Å². The minimum absolute atomic E-state index is 0.108. The first-order valence-corrected chi connectivity index (χ1v) is 6.20. The first-order chi connectivity index (χ1) is 9.01. The zero-order valence-electron chi connectivity index (χ0n) is 11.1. The van der Waals surface area contributed by atoms with E-state index in [1.807, 2.05) is 13.0 Å². The molecule has 0 amide bonds. The summed E-state index contributed by atoms with van der Waals surface area (Å²) in [6, 6.07) is 7.12. The lowest BCUT2D eigenvalue weighted by atomic mass is 10.0. The van der Waals surface area contributed by atoms with E-state index < -0.39 is 5.60 Å². The maximum Gasteiger partial charge on any atom is 0.136 e. The third kappa shape index (κ3) is 3.47. The van der Waals surface area contributed by atoms with Crippen molar-refractivity contribution in [3.8, 4) is 0 Å². The monoisotopic (exact) mass is 265 g/mol. The Morgan fingerprint density at radius 2 is 1.89 bits per heavy atom. The first kappa shape index (κ1) is 13.9. The summed E-state index contributed by atoms with van der Waals surface area (Å²) in [5.41, 5.74) is -1.07. The predicted octanol–water partition coefficient (Wildman–Crippen LogP) is 1.67. The smallest absolute Gasteiger partial charge is 0.136 e. The van der Waals surface area contributed by atoms with Gasteiger partial charge in [0.25, 0.3) is 0 Å². The van der Waals surface area contributed by atoms with Crippen LogP contribution in [0.3, 0.4) is 0 Å². The quantitative estimate of drug-likeness (QED) is 0.740. The Balaban J connectivity index is 1.87. The van der Waals surface area contributed by atoms with E-state index in [2.05, 4.69) is 5.32 Å². The van der Waals surface area contributed by atoms with E-state index in [4.69, 9.17) is 13.9 Å². The molecule has 3 N–H and O–H groups in total. The number of aliphatic hydroxyl groups excluding tert-OH is 1. The lowest BCUT2D eigenvalue weighted by Crippen LogP contribution is -2.34. The fraction of sp³-hybridized carbons (Fsp3) is 0.429. The van der Waals surface area contributed by atoms with Crippen molar-refractivity contribution < 1.29 is 19.0 Å². The lowest BCUT2D eigenvalue weighted by molar-refractivity contribution is 0.0328. The van der Waals surface area contributed by atoms with Crippen LogP contribution < -0.4 is 5.32 Å². The molecule has 104 valence electrons. The van der Waals surface area contributed by atoms with Gasteiger partial charge in [0.1, 0.15) is 35.2 Å². The van der Waals surface area contributed by atoms with E-state index in [0.29, 0.717) is 24.6 Å². The molecule has 19 heavy (non-hydrogen) atoms. The molecule has 5 nitrogen and oxygen atoms in total. The van der Waals surface area contributed by atoms with Crippen LogP contribution in [0.2, 0.25) is 0 Å². The van der Waals surface area contributed by atoms with E-state index in [1.54, 1.807) is 25.1 Å². The van der Waals surface area contributed by atoms with Gasteiger partial charge in [0, 0.05) is 6.54 Å². The van der Waals surface area contributed by atoms with E-state index in [1.165, 1.54) is 0 Å². The maximum absolute atomic E-state index is 10.3. The molecule has 0 aliphatic heterocycles. The van der Waals surface area contributed by atoms with Gasteiger partial charge in [-0.1, -0.05) is 0 Å². The van der Waals surface area contributed by atoms with Crippen LogP contribution in [0.5, 0.6) is 0 Å². The Hall–Kier alpha value is -1.56. The van der Waals surface area contributed by atoms with Gasteiger partial charge in [-0.25, -0.2) is 0 Å². The minimum atomic E-state index is -1.07. The molecule has 2 rings (SSSR count). The van der Waals surface area contributed by atoms with Gasteiger partial charge in [-0.3, -0.25) is 0 Å². The van der Waals surface area contributed by atoms with Gasteiger partial charge in [-0.15, -0.1) is 0 Å². The van der Waals surface area contributed by atoms with Gasteiger partial charge >= 0.3 is 0 Å². The number of rotatable bonds is 6. The summed E-state index contributed by atoms with van der Waals surface area (Å²) < 4.78 is 10.8. The van der Waals surface area contributed by atoms with Crippen molar-refractivity contribution in [2.24, 2.45) is 0 Å². The topological polar surface area (TPSA) is 78.8 Å². The highest BCUT2D eigenvalue weighted by molar-refractivity contribution is 5.13. The summed E-state index contributed by atoms with van der Waals surface area (Å²) in [6.07, 6.45) is 0. The molecule has 0 spiro atoms. The van der Waals surface area contributed by atoms with Crippen molar-refractivity contribution in [1.29, 1.82) is 0 Å². The van der Waals surface area contributed by atoms with Crippen LogP contribution in [0, 0.1) is 6.92 Å². The van der Waals surface area contributed by atoms with Crippen LogP contribution >= 0.6 is 0 Å². The molecule has 1 atom stereocenters. The van der Waals surface area contributed by atoms with Crippen LogP contribution in [-0.2, 0) is 18.8 Å². The molecule has 0 aliphatic rings. The highest BCUT2D eigenvalue weighted by Gasteiger charge is 2.26. The second kappa shape index (κ2) is 5.61. The van der Waals surface area contributed by atoms with Crippen LogP contribution in [0.25, 0.3) is 0 Å². The highest BCUT2D eigenvalue weighted by atomic mass is 16.4. The van der Waals surface area contributed by atoms with Gasteiger partial charge in [0.15, 0.2) is 0 Å². The summed E-state index contributed by atoms with van der Waals surface area (Å²) in [7, 11) is 0. The van der Waals surface area contributed by atoms with Gasteiger partial charge in [-0.05, 0) is 38.1 Å². The SMILES string of the molecule is Cc1ccc(C(C)(O)CNCc2ccc(CO)o2)o1. The fourth-order valence-electron chi connectivity index (χ4n) is 1.84. The number of nitrogens with one attached hydrogen (secondary N) is 1. The van der Waals surface area contributed by atoms with E-state index in [0.717, 1.165) is 11.5 Å². The molecule has 0 aliphatic carbocycles. The molecule has 5 heteroatoms. The molecule has 2 aromatic rings. The molecular formula is C14H19NO4. The maximum atomic E-state index is 10.3. The lowest BCUT2D eigenvalue weighted by Gasteiger charge is -2.21. The first-order valence-electron chi connectivity index (χ1n) is 6.20. The number of aliphatic hydroxyl groups is 2. The van der Waals surface area contributed by atoms with E-state index >= 15 is 0 Å². The Kier molecular flexibility index (Phi) is 4.09. The van der Waals surface area contributed by atoms with Gasteiger partial charge in [0.05, 0.1) is 6.54 Å². The number of aryl methyl sites for hydroxylation is 1. The molecule has 0 saturated carbocycles. The number of furan rings is 2. The summed E-state index contributed by atoms with van der Waals surface area (Å²) in [5.74, 6) is 2.56. The molecule has 0 bridgehead atoms. The highest BCUT2D eigenvalue weighted by Crippen LogP contribution is 2.22. The van der Waals surface area contributed by atoms with E-state index in [9.17, 15) is 5.11 Å². The zero-order valence-corrected chi connectivity index (χ0v) is 11.1. The molecule has 0 saturated heterocycles. The Bertz CT molecular complexity index is 527. The van der Waals surface area contributed by atoms with Crippen LogP contribution in [0.1, 0.15) is 30.0 Å². The van der Waals surface area contributed by atoms with Crippen LogP contribution in [-0.4, -0.2) is 16.8 Å². The Morgan fingerprint density at radius 1 is 1.16 bits per heavy atom. The van der Waals surface area contributed by atoms with Crippen LogP contribution in [0.15, 0.2) is 33.1 Å². The third-order valence-corrected chi connectivity index (χ3v) is 2.91. The summed E-state index contributed by atoms with van der Waals surface area (Å²) in [6.45, 7) is 4.25. The van der Waals surface area contributed by atoms with Crippen LogP contribution in [0.4, 0.5) is 0 Å².